The Labute approximate surface area is 168 Å². The molecule has 0 N–H and O–H groups in total. The first-order chi connectivity index (χ1) is 13.5. The van der Waals surface area contributed by atoms with Crippen LogP contribution in [0.2, 0.25) is 0 Å². The maximum atomic E-state index is 11.5. The first-order valence-electron chi connectivity index (χ1n) is 8.93. The molecule has 0 fully saturated rings. The van der Waals surface area contributed by atoms with Crippen LogP contribution in [0.5, 0.6) is 5.75 Å². The number of carbonyl (C=O) groups excluding carboxylic acids is 1. The zero-order valence-corrected chi connectivity index (χ0v) is 17.2. The Morgan fingerprint density at radius 2 is 1.71 bits per heavy atom. The van der Waals surface area contributed by atoms with E-state index in [2.05, 4.69) is 28.6 Å². The lowest BCUT2D eigenvalue weighted by Gasteiger charge is -2.14. The van der Waals surface area contributed by atoms with Gasteiger partial charge in [0.25, 0.3) is 0 Å². The van der Waals surface area contributed by atoms with E-state index in [4.69, 9.17) is 9.47 Å². The van der Waals surface area contributed by atoms with Crippen LogP contribution in [0.4, 0.5) is 0 Å². The highest BCUT2D eigenvalue weighted by atomic mass is 32.2. The fourth-order valence-corrected chi connectivity index (χ4v) is 3.80. The average molecular weight is 398 g/mol. The molecule has 0 aliphatic carbocycles. The second kappa shape index (κ2) is 8.93. The summed E-state index contributed by atoms with van der Waals surface area (Å²) < 4.78 is 12.1. The van der Waals surface area contributed by atoms with Crippen molar-refractivity contribution >= 4 is 17.7 Å². The first-order valence-corrected chi connectivity index (χ1v) is 9.91. The molecule has 0 aliphatic heterocycles. The number of esters is 1. The largest absolute Gasteiger partial charge is 0.497 e. The molecule has 6 nitrogen and oxygen atoms in total. The molecule has 7 heteroatoms. The van der Waals surface area contributed by atoms with Gasteiger partial charge in [0, 0.05) is 17.4 Å². The minimum Gasteiger partial charge on any atom is -0.497 e. The van der Waals surface area contributed by atoms with Crippen LogP contribution in [0, 0.1) is 0 Å². The molecule has 0 aliphatic rings. The molecule has 0 saturated carbocycles. The zero-order valence-electron chi connectivity index (χ0n) is 16.4. The summed E-state index contributed by atoms with van der Waals surface area (Å²) in [5, 5.41) is 9.67. The van der Waals surface area contributed by atoms with E-state index in [-0.39, 0.29) is 12.0 Å². The molecule has 2 aromatic carbocycles. The predicted octanol–water partition coefficient (Wildman–Crippen LogP) is 4.61. The number of hydrogen-bond donors (Lipinski definition) is 0. The Hall–Kier alpha value is -2.80. The minimum absolute atomic E-state index is 0.219. The van der Waals surface area contributed by atoms with Crippen molar-refractivity contribution in [1.82, 2.24) is 14.8 Å². The molecule has 146 valence electrons. The van der Waals surface area contributed by atoms with Gasteiger partial charge < -0.3 is 9.47 Å². The van der Waals surface area contributed by atoms with Crippen LogP contribution in [-0.2, 0) is 10.5 Å². The molecule has 28 heavy (non-hydrogen) atoms. The normalized spacial score (nSPS) is 10.9. The molecule has 0 atom stereocenters. The monoisotopic (exact) mass is 397 g/mol. The van der Waals surface area contributed by atoms with Crippen LogP contribution in [0.3, 0.4) is 0 Å². The van der Waals surface area contributed by atoms with E-state index in [0.717, 1.165) is 33.6 Å². The van der Waals surface area contributed by atoms with Crippen LogP contribution < -0.4 is 4.74 Å². The van der Waals surface area contributed by atoms with Gasteiger partial charge in [0.15, 0.2) is 11.0 Å². The third-order valence-corrected chi connectivity index (χ3v) is 5.29. The third-order valence-electron chi connectivity index (χ3n) is 4.27. The smallest absolute Gasteiger partial charge is 0.337 e. The van der Waals surface area contributed by atoms with Gasteiger partial charge in [-0.25, -0.2) is 4.79 Å². The number of rotatable bonds is 7. The molecule has 0 amide bonds. The van der Waals surface area contributed by atoms with Crippen molar-refractivity contribution in [2.24, 2.45) is 0 Å². The molecule has 0 spiro atoms. The molecule has 0 radical (unpaired) electrons. The van der Waals surface area contributed by atoms with Crippen LogP contribution >= 0.6 is 11.8 Å². The van der Waals surface area contributed by atoms with Crippen molar-refractivity contribution in [1.29, 1.82) is 0 Å². The summed E-state index contributed by atoms with van der Waals surface area (Å²) in [5.41, 5.74) is 2.64. The predicted molar refractivity (Wildman–Crippen MR) is 110 cm³/mol. The van der Waals surface area contributed by atoms with Crippen molar-refractivity contribution in [3.63, 3.8) is 0 Å². The lowest BCUT2D eigenvalue weighted by atomic mass is 10.1. The van der Waals surface area contributed by atoms with Crippen molar-refractivity contribution in [2.75, 3.05) is 14.2 Å². The molecule has 0 saturated heterocycles. The van der Waals surface area contributed by atoms with Crippen LogP contribution in [-0.4, -0.2) is 35.0 Å². The number of ether oxygens (including phenoxy) is 2. The quantitative estimate of drug-likeness (QED) is 0.428. The van der Waals surface area contributed by atoms with Crippen molar-refractivity contribution in [2.45, 2.75) is 30.8 Å². The maximum Gasteiger partial charge on any atom is 0.337 e. The van der Waals surface area contributed by atoms with Gasteiger partial charge in [-0.15, -0.1) is 10.2 Å². The molecule has 3 aromatic rings. The lowest BCUT2D eigenvalue weighted by molar-refractivity contribution is 0.0600. The van der Waals surface area contributed by atoms with Crippen LogP contribution in [0.1, 0.15) is 35.8 Å². The highest BCUT2D eigenvalue weighted by molar-refractivity contribution is 7.98. The Morgan fingerprint density at radius 1 is 1.04 bits per heavy atom. The summed E-state index contributed by atoms with van der Waals surface area (Å²) >= 11 is 1.62. The lowest BCUT2D eigenvalue weighted by Crippen LogP contribution is -2.05. The van der Waals surface area contributed by atoms with Crippen molar-refractivity contribution in [3.8, 4) is 17.1 Å². The van der Waals surface area contributed by atoms with E-state index < -0.39 is 0 Å². The molecule has 1 heterocycles. The highest BCUT2D eigenvalue weighted by Crippen LogP contribution is 2.30. The van der Waals surface area contributed by atoms with Gasteiger partial charge in [-0.3, -0.25) is 4.57 Å². The summed E-state index contributed by atoms with van der Waals surface area (Å²) in [7, 11) is 3.03. The second-order valence-electron chi connectivity index (χ2n) is 6.48. The molecule has 0 unspecified atom stereocenters. The minimum atomic E-state index is -0.331. The summed E-state index contributed by atoms with van der Waals surface area (Å²) in [6, 6.07) is 15.4. The standard InChI is InChI=1S/C21H23N3O3S/c1-14(2)24-19(16-9-11-18(26-3)12-10-16)22-23-21(24)28-13-15-5-7-17(8-6-15)20(25)27-4/h5-12,14H,13H2,1-4H3. The van der Waals surface area contributed by atoms with E-state index in [1.165, 1.54) is 7.11 Å². The molecule has 1 aromatic heterocycles. The van der Waals surface area contributed by atoms with Gasteiger partial charge in [-0.2, -0.15) is 0 Å². The van der Waals surface area contributed by atoms with Gasteiger partial charge >= 0.3 is 5.97 Å². The zero-order chi connectivity index (χ0) is 20.1. The fraction of sp³-hybridized carbons (Fsp3) is 0.286. The third kappa shape index (κ3) is 4.36. The molecule has 0 bridgehead atoms. The number of hydrogen-bond acceptors (Lipinski definition) is 6. The van der Waals surface area contributed by atoms with Crippen molar-refractivity contribution in [3.05, 3.63) is 59.7 Å². The number of aromatic nitrogens is 3. The first kappa shape index (κ1) is 19.9. The maximum absolute atomic E-state index is 11.5. The highest BCUT2D eigenvalue weighted by Gasteiger charge is 2.17. The summed E-state index contributed by atoms with van der Waals surface area (Å²) in [6.07, 6.45) is 0. The molecule has 3 rings (SSSR count). The van der Waals surface area contributed by atoms with Crippen molar-refractivity contribution < 1.29 is 14.3 Å². The van der Waals surface area contributed by atoms with Gasteiger partial charge in [-0.1, -0.05) is 23.9 Å². The number of carbonyl (C=O) groups is 1. The summed E-state index contributed by atoms with van der Waals surface area (Å²) in [6.45, 7) is 4.23. The topological polar surface area (TPSA) is 66.2 Å². The van der Waals surface area contributed by atoms with E-state index in [9.17, 15) is 4.79 Å². The van der Waals surface area contributed by atoms with Crippen LogP contribution in [0.25, 0.3) is 11.4 Å². The Kier molecular flexibility index (Phi) is 6.36. The Bertz CT molecular complexity index is 935. The number of thioether (sulfide) groups is 1. The van der Waals surface area contributed by atoms with Gasteiger partial charge in [0.1, 0.15) is 5.75 Å². The Morgan fingerprint density at radius 3 is 2.29 bits per heavy atom. The van der Waals surface area contributed by atoms with E-state index >= 15 is 0 Å². The van der Waals surface area contributed by atoms with Crippen LogP contribution in [0.15, 0.2) is 53.7 Å². The summed E-state index contributed by atoms with van der Waals surface area (Å²) in [4.78, 5) is 11.5. The van der Waals surface area contributed by atoms with E-state index in [1.807, 2.05) is 36.4 Å². The molecular weight excluding hydrogens is 374 g/mol. The van der Waals surface area contributed by atoms with E-state index in [0.29, 0.717) is 5.56 Å². The average Bonchev–Trinajstić information content (AvgIpc) is 3.16. The summed E-state index contributed by atoms with van der Waals surface area (Å²) in [5.74, 6) is 2.04. The SMILES string of the molecule is COC(=O)c1ccc(CSc2nnc(-c3ccc(OC)cc3)n2C(C)C)cc1. The van der Waals surface area contributed by atoms with Gasteiger partial charge in [0.2, 0.25) is 0 Å². The van der Waals surface area contributed by atoms with Gasteiger partial charge in [0.05, 0.1) is 19.8 Å². The molecular formula is C21H23N3O3S. The van der Waals surface area contributed by atoms with Gasteiger partial charge in [-0.05, 0) is 55.8 Å². The number of benzene rings is 2. The second-order valence-corrected chi connectivity index (χ2v) is 7.42. The number of methoxy groups -OCH3 is 2. The van der Waals surface area contributed by atoms with E-state index in [1.54, 1.807) is 31.0 Å². The number of nitrogens with zero attached hydrogens (tertiary/aromatic N) is 3. The Balaban J connectivity index is 1.78. The fourth-order valence-electron chi connectivity index (χ4n) is 2.78.